The van der Waals surface area contributed by atoms with E-state index < -0.39 is 0 Å². The highest BCUT2D eigenvalue weighted by atomic mass is 127. The lowest BCUT2D eigenvalue weighted by atomic mass is 10.1. The van der Waals surface area contributed by atoms with E-state index in [0.29, 0.717) is 0 Å². The fraction of sp³-hybridized carbons (Fsp3) is 0.500. The molecule has 0 aliphatic heterocycles. The van der Waals surface area contributed by atoms with Crippen LogP contribution in [0.15, 0.2) is 12.1 Å². The molecule has 0 unspecified atom stereocenters. The minimum atomic E-state index is 0.0818. The lowest BCUT2D eigenvalue weighted by molar-refractivity contribution is 0.749. The van der Waals surface area contributed by atoms with Crippen molar-refractivity contribution in [2.75, 3.05) is 0 Å². The van der Waals surface area contributed by atoms with Gasteiger partial charge in [0, 0.05) is 0 Å². The molecule has 0 N–H and O–H groups in total. The Hall–Kier alpha value is -0.190. The smallest absolute Gasteiger partial charge is 0.0784 e. The van der Waals surface area contributed by atoms with E-state index in [-0.39, 0.29) is 3.42 Å². The van der Waals surface area contributed by atoms with Crippen LogP contribution < -0.4 is 0 Å². The van der Waals surface area contributed by atoms with Crippen molar-refractivity contribution in [3.63, 3.8) is 0 Å². The maximum absolute atomic E-state index is 4.09. The second kappa shape index (κ2) is 3.05. The molecule has 0 saturated carbocycles. The predicted octanol–water partition coefficient (Wildman–Crippen LogP) is 2.46. The van der Waals surface area contributed by atoms with Crippen molar-refractivity contribution < 1.29 is 0 Å². The topological polar surface area (TPSA) is 25.8 Å². The normalized spacial score (nSPS) is 11.6. The van der Waals surface area contributed by atoms with Crippen molar-refractivity contribution >= 4 is 22.6 Å². The first kappa shape index (κ1) is 8.90. The van der Waals surface area contributed by atoms with Crippen molar-refractivity contribution in [2.24, 2.45) is 0 Å². The molecule has 1 aromatic rings. The van der Waals surface area contributed by atoms with Crippen LogP contribution in [-0.4, -0.2) is 10.2 Å². The zero-order valence-corrected chi connectivity index (χ0v) is 9.08. The minimum absolute atomic E-state index is 0.0818. The summed E-state index contributed by atoms with van der Waals surface area (Å²) in [6.07, 6.45) is 0. The highest BCUT2D eigenvalue weighted by molar-refractivity contribution is 14.1. The van der Waals surface area contributed by atoms with E-state index in [1.54, 1.807) is 0 Å². The van der Waals surface area contributed by atoms with Crippen molar-refractivity contribution in [1.29, 1.82) is 0 Å². The molecule has 0 bridgehead atoms. The van der Waals surface area contributed by atoms with Gasteiger partial charge in [0.1, 0.15) is 0 Å². The molecular weight excluding hydrogens is 251 g/mol. The van der Waals surface area contributed by atoms with Gasteiger partial charge in [-0.05, 0) is 32.9 Å². The summed E-state index contributed by atoms with van der Waals surface area (Å²) in [6, 6.07) is 4.01. The number of hydrogen-bond acceptors (Lipinski definition) is 2. The molecule has 0 aliphatic rings. The Morgan fingerprint density at radius 3 is 2.27 bits per heavy atom. The summed E-state index contributed by atoms with van der Waals surface area (Å²) in [7, 11) is 0. The van der Waals surface area contributed by atoms with Gasteiger partial charge < -0.3 is 0 Å². The van der Waals surface area contributed by atoms with E-state index >= 15 is 0 Å². The number of nitrogens with zero attached hydrogens (tertiary/aromatic N) is 2. The van der Waals surface area contributed by atoms with Crippen LogP contribution in [0, 0.1) is 6.92 Å². The Bertz CT molecular complexity index is 235. The van der Waals surface area contributed by atoms with Gasteiger partial charge >= 0.3 is 0 Å². The number of aromatic nitrogens is 2. The van der Waals surface area contributed by atoms with Gasteiger partial charge in [-0.3, -0.25) is 0 Å². The summed E-state index contributed by atoms with van der Waals surface area (Å²) < 4.78 is 0.0818. The summed E-state index contributed by atoms with van der Waals surface area (Å²) in [5.41, 5.74) is 2.00. The van der Waals surface area contributed by atoms with Crippen LogP contribution in [0.4, 0.5) is 0 Å². The molecule has 0 atom stereocenters. The quantitative estimate of drug-likeness (QED) is 0.574. The zero-order chi connectivity index (χ0) is 8.48. The van der Waals surface area contributed by atoms with Gasteiger partial charge in [0.25, 0.3) is 0 Å². The molecule has 11 heavy (non-hydrogen) atoms. The van der Waals surface area contributed by atoms with Gasteiger partial charge in [0.2, 0.25) is 0 Å². The second-order valence-corrected chi connectivity index (χ2v) is 5.73. The third-order valence-corrected chi connectivity index (χ3v) is 1.96. The largest absolute Gasteiger partial charge is 0.156 e. The summed E-state index contributed by atoms with van der Waals surface area (Å²) in [4.78, 5) is 0. The van der Waals surface area contributed by atoms with E-state index in [0.717, 1.165) is 11.4 Å². The summed E-state index contributed by atoms with van der Waals surface area (Å²) >= 11 is 2.35. The average Bonchev–Trinajstić information content (AvgIpc) is 1.86. The molecule has 1 heterocycles. The molecule has 0 saturated heterocycles. The van der Waals surface area contributed by atoms with Crippen LogP contribution in [0.25, 0.3) is 0 Å². The van der Waals surface area contributed by atoms with Gasteiger partial charge in [0.05, 0.1) is 14.8 Å². The van der Waals surface area contributed by atoms with Crippen molar-refractivity contribution in [3.8, 4) is 0 Å². The van der Waals surface area contributed by atoms with Gasteiger partial charge in [-0.15, -0.1) is 0 Å². The molecule has 0 aromatic carbocycles. The Balaban J connectivity index is 2.99. The molecule has 1 aromatic heterocycles. The molecular formula is C8H11IN2. The molecule has 3 heteroatoms. The first-order valence-corrected chi connectivity index (χ1v) is 4.58. The number of rotatable bonds is 1. The second-order valence-electron chi connectivity index (χ2n) is 3.03. The summed E-state index contributed by atoms with van der Waals surface area (Å²) in [6.45, 7) is 6.18. The maximum Gasteiger partial charge on any atom is 0.0784 e. The highest BCUT2D eigenvalue weighted by Gasteiger charge is 2.17. The van der Waals surface area contributed by atoms with Gasteiger partial charge in [-0.2, -0.15) is 10.2 Å². The van der Waals surface area contributed by atoms with Crippen LogP contribution in [0.1, 0.15) is 25.2 Å². The monoisotopic (exact) mass is 262 g/mol. The standard InChI is InChI=1S/C8H11IN2/c1-6-4-5-7(11-10-6)8(2,3)9/h4-5H,1-3H3. The number of halogens is 1. The fourth-order valence-corrected chi connectivity index (χ4v) is 1.00. The predicted molar refractivity (Wildman–Crippen MR) is 53.8 cm³/mol. The van der Waals surface area contributed by atoms with Crippen LogP contribution in [0.2, 0.25) is 0 Å². The Morgan fingerprint density at radius 1 is 1.27 bits per heavy atom. The first-order valence-electron chi connectivity index (χ1n) is 3.50. The molecule has 0 aliphatic carbocycles. The van der Waals surface area contributed by atoms with Gasteiger partial charge in [-0.1, -0.05) is 22.6 Å². The summed E-state index contributed by atoms with van der Waals surface area (Å²) in [5, 5.41) is 8.08. The lowest BCUT2D eigenvalue weighted by Crippen LogP contribution is -2.10. The highest BCUT2D eigenvalue weighted by Crippen LogP contribution is 2.27. The summed E-state index contributed by atoms with van der Waals surface area (Å²) in [5.74, 6) is 0. The third kappa shape index (κ3) is 2.39. The fourth-order valence-electron chi connectivity index (χ4n) is 0.716. The number of aryl methyl sites for hydroxylation is 1. The molecule has 60 valence electrons. The molecule has 0 radical (unpaired) electrons. The lowest BCUT2D eigenvalue weighted by Gasteiger charge is -2.13. The molecule has 1 rings (SSSR count). The van der Waals surface area contributed by atoms with Crippen molar-refractivity contribution in [3.05, 3.63) is 23.5 Å². The van der Waals surface area contributed by atoms with E-state index in [4.69, 9.17) is 0 Å². The van der Waals surface area contributed by atoms with E-state index in [2.05, 4.69) is 46.6 Å². The number of alkyl halides is 1. The molecule has 0 amide bonds. The van der Waals surface area contributed by atoms with Gasteiger partial charge in [-0.25, -0.2) is 0 Å². The van der Waals surface area contributed by atoms with Crippen molar-refractivity contribution in [2.45, 2.75) is 24.2 Å². The van der Waals surface area contributed by atoms with Crippen LogP contribution in [0.5, 0.6) is 0 Å². The Kier molecular flexibility index (Phi) is 2.47. The minimum Gasteiger partial charge on any atom is -0.156 e. The average molecular weight is 262 g/mol. The van der Waals surface area contributed by atoms with Gasteiger partial charge in [0.15, 0.2) is 0 Å². The number of hydrogen-bond donors (Lipinski definition) is 0. The van der Waals surface area contributed by atoms with Crippen LogP contribution in [-0.2, 0) is 3.42 Å². The van der Waals surface area contributed by atoms with E-state index in [1.807, 2.05) is 19.1 Å². The van der Waals surface area contributed by atoms with E-state index in [1.165, 1.54) is 0 Å². The zero-order valence-electron chi connectivity index (χ0n) is 6.93. The molecule has 0 spiro atoms. The third-order valence-electron chi connectivity index (χ3n) is 1.41. The first-order chi connectivity index (χ1) is 5.00. The molecule has 2 nitrogen and oxygen atoms in total. The molecule has 0 fully saturated rings. The van der Waals surface area contributed by atoms with Crippen molar-refractivity contribution in [1.82, 2.24) is 10.2 Å². The Labute approximate surface area is 80.6 Å². The van der Waals surface area contributed by atoms with Crippen LogP contribution in [0.3, 0.4) is 0 Å². The Morgan fingerprint density at radius 2 is 1.91 bits per heavy atom. The van der Waals surface area contributed by atoms with Crippen LogP contribution >= 0.6 is 22.6 Å². The van der Waals surface area contributed by atoms with E-state index in [9.17, 15) is 0 Å². The SMILES string of the molecule is Cc1ccc(C(C)(C)I)nn1. The maximum atomic E-state index is 4.09.